The molecule has 2 N–H and O–H groups in total. The third-order valence-corrected chi connectivity index (χ3v) is 5.93. The summed E-state index contributed by atoms with van der Waals surface area (Å²) in [5, 5.41) is 6.87. The molecule has 3 unspecified atom stereocenters. The van der Waals surface area contributed by atoms with Crippen LogP contribution in [0.2, 0.25) is 0 Å². The van der Waals surface area contributed by atoms with Crippen LogP contribution in [0.1, 0.15) is 54.4 Å². The van der Waals surface area contributed by atoms with Gasteiger partial charge in [-0.3, -0.25) is 9.79 Å². The summed E-state index contributed by atoms with van der Waals surface area (Å²) in [6.45, 7) is 2.40. The van der Waals surface area contributed by atoms with Gasteiger partial charge in [0.1, 0.15) is 0 Å². The molecular weight excluding hydrogens is 340 g/mol. The Labute approximate surface area is 161 Å². The summed E-state index contributed by atoms with van der Waals surface area (Å²) in [5.41, 5.74) is 1.87. The van der Waals surface area contributed by atoms with Crippen molar-refractivity contribution in [3.05, 3.63) is 35.4 Å². The maximum atomic E-state index is 12.7. The Morgan fingerprint density at radius 3 is 2.81 bits per heavy atom. The molecule has 3 atom stereocenters. The highest BCUT2D eigenvalue weighted by atomic mass is 16.5. The van der Waals surface area contributed by atoms with Crippen molar-refractivity contribution in [2.45, 2.75) is 63.3 Å². The van der Waals surface area contributed by atoms with Gasteiger partial charge in [0.2, 0.25) is 0 Å². The van der Waals surface area contributed by atoms with Crippen LogP contribution in [0.4, 0.5) is 0 Å². The first-order valence-electron chi connectivity index (χ1n) is 10.2. The highest BCUT2D eigenvalue weighted by molar-refractivity contribution is 5.94. The quantitative estimate of drug-likeness (QED) is 0.630. The summed E-state index contributed by atoms with van der Waals surface area (Å²) in [5.74, 6) is 0.946. The first kappa shape index (κ1) is 18.3. The number of fused-ring (bicyclic) bond motifs is 2. The second-order valence-corrected chi connectivity index (χ2v) is 7.84. The number of benzene rings is 1. The van der Waals surface area contributed by atoms with Crippen molar-refractivity contribution in [1.82, 2.24) is 15.5 Å². The van der Waals surface area contributed by atoms with Crippen LogP contribution in [0, 0.1) is 0 Å². The first-order valence-corrected chi connectivity index (χ1v) is 10.2. The van der Waals surface area contributed by atoms with E-state index < -0.39 is 0 Å². The Hall–Kier alpha value is -2.08. The molecule has 27 heavy (non-hydrogen) atoms. The fourth-order valence-corrected chi connectivity index (χ4v) is 4.44. The number of nitrogens with zero attached hydrogens (tertiary/aromatic N) is 2. The highest BCUT2D eigenvalue weighted by Crippen LogP contribution is 2.34. The summed E-state index contributed by atoms with van der Waals surface area (Å²) in [4.78, 5) is 19.0. The molecule has 1 amide bonds. The molecule has 1 aromatic carbocycles. The monoisotopic (exact) mass is 370 g/mol. The largest absolute Gasteiger partial charge is 0.373 e. The van der Waals surface area contributed by atoms with E-state index in [-0.39, 0.29) is 5.91 Å². The van der Waals surface area contributed by atoms with E-state index in [0.717, 1.165) is 55.9 Å². The zero-order valence-corrected chi connectivity index (χ0v) is 16.1. The number of carbonyl (C=O) groups is 1. The van der Waals surface area contributed by atoms with Gasteiger partial charge >= 0.3 is 0 Å². The molecule has 4 rings (SSSR count). The number of guanidine groups is 1. The van der Waals surface area contributed by atoms with Crippen molar-refractivity contribution in [3.8, 4) is 0 Å². The number of amides is 1. The minimum absolute atomic E-state index is 0.151. The number of nitrogens with one attached hydrogen (secondary N) is 2. The van der Waals surface area contributed by atoms with Gasteiger partial charge in [0.15, 0.2) is 5.96 Å². The predicted molar refractivity (Wildman–Crippen MR) is 106 cm³/mol. The SMILES string of the molecule is CN=C(NCc1cccc(C(=O)N2CCCCC2)c1)NC1CC2CCC1O2. The lowest BCUT2D eigenvalue weighted by molar-refractivity contribution is 0.0724. The van der Waals surface area contributed by atoms with Gasteiger partial charge in [-0.25, -0.2) is 0 Å². The highest BCUT2D eigenvalue weighted by Gasteiger charge is 2.41. The molecule has 0 aromatic heterocycles. The summed E-state index contributed by atoms with van der Waals surface area (Å²) in [6.07, 6.45) is 7.58. The van der Waals surface area contributed by atoms with E-state index in [4.69, 9.17) is 4.74 Å². The number of hydrogen-bond acceptors (Lipinski definition) is 3. The molecule has 0 radical (unpaired) electrons. The Kier molecular flexibility index (Phi) is 5.62. The van der Waals surface area contributed by atoms with Crippen LogP contribution in [0.5, 0.6) is 0 Å². The summed E-state index contributed by atoms with van der Waals surface area (Å²) >= 11 is 0. The van der Waals surface area contributed by atoms with Gasteiger partial charge in [-0.1, -0.05) is 12.1 Å². The van der Waals surface area contributed by atoms with Gasteiger partial charge in [-0.2, -0.15) is 0 Å². The second-order valence-electron chi connectivity index (χ2n) is 7.84. The van der Waals surface area contributed by atoms with Gasteiger partial charge in [0, 0.05) is 32.2 Å². The minimum Gasteiger partial charge on any atom is -0.373 e. The molecule has 6 heteroatoms. The Morgan fingerprint density at radius 2 is 2.11 bits per heavy atom. The third kappa shape index (κ3) is 4.26. The van der Waals surface area contributed by atoms with Crippen LogP contribution in [-0.2, 0) is 11.3 Å². The van der Waals surface area contributed by atoms with Gasteiger partial charge in [0.25, 0.3) is 5.91 Å². The lowest BCUT2D eigenvalue weighted by atomic mass is 9.96. The third-order valence-electron chi connectivity index (χ3n) is 5.93. The van der Waals surface area contributed by atoms with E-state index in [2.05, 4.69) is 15.6 Å². The van der Waals surface area contributed by atoms with Crippen LogP contribution in [0.25, 0.3) is 0 Å². The summed E-state index contributed by atoms with van der Waals surface area (Å²) < 4.78 is 5.91. The van der Waals surface area contributed by atoms with Crippen molar-refractivity contribution in [3.63, 3.8) is 0 Å². The summed E-state index contributed by atoms with van der Waals surface area (Å²) in [6, 6.07) is 8.28. The average molecular weight is 370 g/mol. The lowest BCUT2D eigenvalue weighted by Gasteiger charge is -2.27. The van der Waals surface area contributed by atoms with Crippen molar-refractivity contribution < 1.29 is 9.53 Å². The Bertz CT molecular complexity index is 699. The molecule has 0 saturated carbocycles. The molecule has 3 saturated heterocycles. The molecule has 6 nitrogen and oxygen atoms in total. The van der Waals surface area contributed by atoms with Gasteiger partial charge in [-0.15, -0.1) is 0 Å². The van der Waals surface area contributed by atoms with Gasteiger partial charge in [0.05, 0.1) is 18.2 Å². The van der Waals surface area contributed by atoms with Crippen LogP contribution in [0.15, 0.2) is 29.3 Å². The minimum atomic E-state index is 0.151. The topological polar surface area (TPSA) is 66.0 Å². The van der Waals surface area contributed by atoms with E-state index in [1.807, 2.05) is 29.2 Å². The molecule has 3 heterocycles. The van der Waals surface area contributed by atoms with Crippen molar-refractivity contribution in [1.29, 1.82) is 0 Å². The zero-order valence-electron chi connectivity index (χ0n) is 16.1. The number of carbonyl (C=O) groups excluding carboxylic acids is 1. The smallest absolute Gasteiger partial charge is 0.253 e. The lowest BCUT2D eigenvalue weighted by Crippen LogP contribution is -2.47. The van der Waals surface area contributed by atoms with Gasteiger partial charge in [-0.05, 0) is 56.2 Å². The predicted octanol–water partition coefficient (Wildman–Crippen LogP) is 2.30. The molecule has 3 fully saturated rings. The molecule has 146 valence electrons. The van der Waals surface area contributed by atoms with Crippen molar-refractivity contribution in [2.24, 2.45) is 4.99 Å². The Balaban J connectivity index is 1.33. The molecule has 3 aliphatic heterocycles. The van der Waals surface area contributed by atoms with E-state index >= 15 is 0 Å². The van der Waals surface area contributed by atoms with Crippen LogP contribution in [0.3, 0.4) is 0 Å². The maximum absolute atomic E-state index is 12.7. The molecule has 2 bridgehead atoms. The standard InChI is InChI=1S/C21H30N4O2/c1-22-21(24-18-13-17-8-9-19(18)27-17)23-14-15-6-5-7-16(12-15)20(26)25-10-3-2-4-11-25/h5-7,12,17-19H,2-4,8-11,13-14H2,1H3,(H2,22,23,24). The number of hydrogen-bond donors (Lipinski definition) is 2. The van der Waals surface area contributed by atoms with Gasteiger partial charge < -0.3 is 20.3 Å². The normalized spacial score (nSPS) is 27.7. The molecular formula is C21H30N4O2. The van der Waals surface area contributed by atoms with Crippen molar-refractivity contribution >= 4 is 11.9 Å². The fraction of sp³-hybridized carbons (Fsp3) is 0.619. The second kappa shape index (κ2) is 8.30. The van der Waals surface area contributed by atoms with Crippen LogP contribution < -0.4 is 10.6 Å². The number of aliphatic imine (C=N–C) groups is 1. The van der Waals surface area contributed by atoms with Crippen LogP contribution >= 0.6 is 0 Å². The molecule has 0 aliphatic carbocycles. The molecule has 1 aromatic rings. The number of piperidine rings is 1. The number of likely N-dealkylation sites (tertiary alicyclic amines) is 1. The van der Waals surface area contributed by atoms with E-state index in [1.54, 1.807) is 7.05 Å². The number of ether oxygens (including phenoxy) is 1. The molecule has 0 spiro atoms. The first-order chi connectivity index (χ1) is 13.2. The molecule has 3 aliphatic rings. The van der Waals surface area contributed by atoms with Crippen LogP contribution in [-0.4, -0.2) is 55.2 Å². The maximum Gasteiger partial charge on any atom is 0.253 e. The van der Waals surface area contributed by atoms with Crippen molar-refractivity contribution in [2.75, 3.05) is 20.1 Å². The fourth-order valence-electron chi connectivity index (χ4n) is 4.44. The van der Waals surface area contributed by atoms with E-state index in [9.17, 15) is 4.79 Å². The summed E-state index contributed by atoms with van der Waals surface area (Å²) in [7, 11) is 1.79. The van der Waals surface area contributed by atoms with E-state index in [0.29, 0.717) is 24.8 Å². The zero-order chi connectivity index (χ0) is 18.6. The number of rotatable bonds is 4. The Morgan fingerprint density at radius 1 is 1.26 bits per heavy atom. The average Bonchev–Trinajstić information content (AvgIpc) is 3.34. The van der Waals surface area contributed by atoms with E-state index in [1.165, 1.54) is 12.8 Å².